The molecule has 0 unspecified atom stereocenters. The second-order valence-electron chi connectivity index (χ2n) is 6.91. The van der Waals surface area contributed by atoms with Crippen molar-refractivity contribution in [2.45, 2.75) is 0 Å². The third-order valence-electron chi connectivity index (χ3n) is 5.02. The molecule has 6 heteroatoms. The third-order valence-corrected chi connectivity index (χ3v) is 5.02. The monoisotopic (exact) mass is 411 g/mol. The number of fused-ring (bicyclic) bond motifs is 1. The van der Waals surface area contributed by atoms with Crippen molar-refractivity contribution in [3.63, 3.8) is 0 Å². The van der Waals surface area contributed by atoms with Crippen LogP contribution in [-0.4, -0.2) is 25.2 Å². The van der Waals surface area contributed by atoms with Gasteiger partial charge in [0, 0.05) is 23.5 Å². The first-order chi connectivity index (χ1) is 15.1. The van der Waals surface area contributed by atoms with E-state index in [1.165, 1.54) is 4.90 Å². The predicted molar refractivity (Wildman–Crippen MR) is 122 cm³/mol. The summed E-state index contributed by atoms with van der Waals surface area (Å²) in [4.78, 5) is 14.7. The molecule has 0 aliphatic heterocycles. The molecule has 31 heavy (non-hydrogen) atoms. The predicted octanol–water partition coefficient (Wildman–Crippen LogP) is 6.25. The molecule has 1 amide bonds. The summed E-state index contributed by atoms with van der Waals surface area (Å²) in [5.74, 6) is 0.164. The minimum atomic E-state index is -0.344. The van der Waals surface area contributed by atoms with Crippen LogP contribution in [0.1, 0.15) is 10.4 Å². The number of methoxy groups -OCH3 is 1. The number of carbonyl (C=O) groups is 1. The molecule has 0 radical (unpaired) electrons. The van der Waals surface area contributed by atoms with Gasteiger partial charge in [-0.1, -0.05) is 54.6 Å². The van der Waals surface area contributed by atoms with Gasteiger partial charge in [-0.15, -0.1) is 10.2 Å². The number of nitrogens with zero attached hydrogens (tertiary/aromatic N) is 3. The molecule has 154 valence electrons. The van der Waals surface area contributed by atoms with Gasteiger partial charge in [0.25, 0.3) is 5.91 Å². The topological polar surface area (TPSA) is 74.5 Å². The van der Waals surface area contributed by atoms with Crippen molar-refractivity contribution in [3.05, 3.63) is 90.5 Å². The molecular formula is C25H21N3O3. The zero-order chi connectivity index (χ0) is 21.8. The maximum absolute atomic E-state index is 13.2. The Balaban J connectivity index is 1.82. The van der Waals surface area contributed by atoms with E-state index in [1.807, 2.05) is 54.6 Å². The fourth-order valence-corrected chi connectivity index (χ4v) is 3.36. The van der Waals surface area contributed by atoms with E-state index < -0.39 is 0 Å². The molecule has 4 aromatic carbocycles. The number of hydrogen-bond donors (Lipinski definition) is 1. The highest BCUT2D eigenvalue weighted by Gasteiger charge is 2.21. The number of aromatic hydroxyl groups is 1. The van der Waals surface area contributed by atoms with E-state index in [0.717, 1.165) is 5.69 Å². The van der Waals surface area contributed by atoms with E-state index in [9.17, 15) is 9.90 Å². The van der Waals surface area contributed by atoms with E-state index in [4.69, 9.17) is 4.74 Å². The number of benzene rings is 4. The minimum Gasteiger partial charge on any atom is -0.506 e. The van der Waals surface area contributed by atoms with Crippen LogP contribution in [0.5, 0.6) is 11.5 Å². The number of hydrogen-bond acceptors (Lipinski definition) is 5. The van der Waals surface area contributed by atoms with Gasteiger partial charge in [-0.25, -0.2) is 0 Å². The summed E-state index contributed by atoms with van der Waals surface area (Å²) in [6.07, 6.45) is 0. The number of phenolic OH excluding ortho intramolecular Hbond substituents is 1. The molecule has 0 spiro atoms. The molecule has 0 aliphatic carbocycles. The second-order valence-corrected chi connectivity index (χ2v) is 6.91. The summed E-state index contributed by atoms with van der Waals surface area (Å²) in [6, 6.07) is 25.3. The SMILES string of the molecule is COc1ccccc1N=Nc1cc(C(=O)N(C)c2ccccc2)c(O)c2ccccc12. The van der Waals surface area contributed by atoms with Gasteiger partial charge in [-0.3, -0.25) is 4.79 Å². The van der Waals surface area contributed by atoms with Crippen LogP contribution in [0.2, 0.25) is 0 Å². The van der Waals surface area contributed by atoms with Gasteiger partial charge >= 0.3 is 0 Å². The van der Waals surface area contributed by atoms with Crippen LogP contribution in [0.25, 0.3) is 10.8 Å². The number of rotatable bonds is 5. The number of carbonyl (C=O) groups excluding carboxylic acids is 1. The first-order valence-corrected chi connectivity index (χ1v) is 9.72. The lowest BCUT2D eigenvalue weighted by Crippen LogP contribution is -2.26. The average Bonchev–Trinajstić information content (AvgIpc) is 2.83. The van der Waals surface area contributed by atoms with E-state index in [2.05, 4.69) is 10.2 Å². The summed E-state index contributed by atoms with van der Waals surface area (Å²) < 4.78 is 5.33. The van der Waals surface area contributed by atoms with Gasteiger partial charge in [-0.05, 0) is 30.3 Å². The molecule has 0 aromatic heterocycles. The van der Waals surface area contributed by atoms with Crippen molar-refractivity contribution in [2.24, 2.45) is 10.2 Å². The van der Waals surface area contributed by atoms with E-state index >= 15 is 0 Å². The fraction of sp³-hybridized carbons (Fsp3) is 0.0800. The van der Waals surface area contributed by atoms with Crippen LogP contribution in [0, 0.1) is 0 Å². The summed E-state index contributed by atoms with van der Waals surface area (Å²) in [6.45, 7) is 0. The molecule has 4 aromatic rings. The second kappa shape index (κ2) is 8.67. The normalized spacial score (nSPS) is 11.0. The molecule has 0 saturated heterocycles. The largest absolute Gasteiger partial charge is 0.506 e. The molecule has 0 saturated carbocycles. The summed E-state index contributed by atoms with van der Waals surface area (Å²) >= 11 is 0. The van der Waals surface area contributed by atoms with Crippen LogP contribution in [0.3, 0.4) is 0 Å². The maximum atomic E-state index is 13.2. The van der Waals surface area contributed by atoms with Gasteiger partial charge in [0.1, 0.15) is 17.2 Å². The number of ether oxygens (including phenoxy) is 1. The highest BCUT2D eigenvalue weighted by Crippen LogP contribution is 2.38. The molecule has 0 fully saturated rings. The Kier molecular flexibility index (Phi) is 5.62. The van der Waals surface area contributed by atoms with Gasteiger partial charge in [-0.2, -0.15) is 0 Å². The van der Waals surface area contributed by atoms with E-state index in [1.54, 1.807) is 44.5 Å². The van der Waals surface area contributed by atoms with Crippen LogP contribution in [0.4, 0.5) is 17.1 Å². The Morgan fingerprint density at radius 1 is 0.839 bits per heavy atom. The number of azo groups is 1. The minimum absolute atomic E-state index is 0.0837. The van der Waals surface area contributed by atoms with Gasteiger partial charge in [0.05, 0.1) is 18.4 Å². The van der Waals surface area contributed by atoms with Gasteiger partial charge in [0.2, 0.25) is 0 Å². The highest BCUT2D eigenvalue weighted by atomic mass is 16.5. The van der Waals surface area contributed by atoms with Gasteiger partial charge < -0.3 is 14.7 Å². The molecule has 1 N–H and O–H groups in total. The van der Waals surface area contributed by atoms with Crippen LogP contribution >= 0.6 is 0 Å². The van der Waals surface area contributed by atoms with Crippen LogP contribution in [0.15, 0.2) is 95.2 Å². The Bertz CT molecular complexity index is 1270. The molecule has 0 bridgehead atoms. The maximum Gasteiger partial charge on any atom is 0.261 e. The van der Waals surface area contributed by atoms with Crippen molar-refractivity contribution in [2.75, 3.05) is 19.1 Å². The Morgan fingerprint density at radius 2 is 1.45 bits per heavy atom. The number of phenols is 1. The number of amides is 1. The lowest BCUT2D eigenvalue weighted by Gasteiger charge is -2.19. The van der Waals surface area contributed by atoms with E-state index in [-0.39, 0.29) is 17.2 Å². The highest BCUT2D eigenvalue weighted by molar-refractivity contribution is 6.13. The van der Waals surface area contributed by atoms with Crippen molar-refractivity contribution in [3.8, 4) is 11.5 Å². The molecule has 0 aliphatic rings. The van der Waals surface area contributed by atoms with Crippen molar-refractivity contribution >= 4 is 33.7 Å². The Labute approximate surface area is 180 Å². The summed E-state index contributed by atoms with van der Waals surface area (Å²) in [5, 5.41) is 20.8. The lowest BCUT2D eigenvalue weighted by atomic mass is 10.0. The van der Waals surface area contributed by atoms with Crippen molar-refractivity contribution < 1.29 is 14.6 Å². The summed E-state index contributed by atoms with van der Waals surface area (Å²) in [7, 11) is 3.24. The zero-order valence-corrected chi connectivity index (χ0v) is 17.2. The number of para-hydroxylation sites is 2. The number of anilines is 1. The Hall–Kier alpha value is -4.19. The van der Waals surface area contributed by atoms with Crippen molar-refractivity contribution in [1.29, 1.82) is 0 Å². The Morgan fingerprint density at radius 3 is 2.19 bits per heavy atom. The van der Waals surface area contributed by atoms with Crippen molar-refractivity contribution in [1.82, 2.24) is 0 Å². The quantitative estimate of drug-likeness (QED) is 0.395. The average molecular weight is 411 g/mol. The van der Waals surface area contributed by atoms with Crippen LogP contribution in [-0.2, 0) is 0 Å². The smallest absolute Gasteiger partial charge is 0.261 e. The summed E-state index contributed by atoms with van der Waals surface area (Å²) in [5.41, 5.74) is 1.91. The molecule has 4 rings (SSSR count). The molecule has 0 atom stereocenters. The van der Waals surface area contributed by atoms with Gasteiger partial charge in [0.15, 0.2) is 0 Å². The third kappa shape index (κ3) is 3.96. The first kappa shape index (κ1) is 20.1. The standard InChI is InChI=1S/C25H21N3O3/c1-28(17-10-4-3-5-11-17)25(30)20-16-22(18-12-6-7-13-19(18)24(20)29)27-26-21-14-8-9-15-23(21)31-2/h3-16,29H,1-2H3. The first-order valence-electron chi connectivity index (χ1n) is 9.72. The van der Waals surface area contributed by atoms with Crippen LogP contribution < -0.4 is 9.64 Å². The molecule has 0 heterocycles. The van der Waals surface area contributed by atoms with E-state index in [0.29, 0.717) is 27.9 Å². The zero-order valence-electron chi connectivity index (χ0n) is 17.2. The molecule has 6 nitrogen and oxygen atoms in total. The fourth-order valence-electron chi connectivity index (χ4n) is 3.36. The molecular weight excluding hydrogens is 390 g/mol. The lowest BCUT2D eigenvalue weighted by molar-refractivity contribution is 0.0990.